The molecule has 0 spiro atoms. The predicted octanol–water partition coefficient (Wildman–Crippen LogP) is 2.59. The van der Waals surface area contributed by atoms with E-state index in [4.69, 9.17) is 9.72 Å². The van der Waals surface area contributed by atoms with Crippen molar-refractivity contribution >= 4 is 29.1 Å². The number of morpholine rings is 1. The molecule has 3 aromatic rings. The topological polar surface area (TPSA) is 66.9 Å². The number of pyridine rings is 2. The second-order valence-corrected chi connectivity index (χ2v) is 5.42. The number of fused-ring (bicyclic) bond motifs is 1. The Hall–Kier alpha value is -2.18. The van der Waals surface area contributed by atoms with Crippen molar-refractivity contribution in [2.45, 2.75) is 6.92 Å². The van der Waals surface area contributed by atoms with Crippen LogP contribution in [0.2, 0.25) is 0 Å². The maximum Gasteiger partial charge on any atom is 0.129 e. The molecular weight excluding hydrogens is 314 g/mol. The summed E-state index contributed by atoms with van der Waals surface area (Å²) in [5.74, 6) is 0.988. The van der Waals surface area contributed by atoms with E-state index in [0.717, 1.165) is 54.4 Å². The van der Waals surface area contributed by atoms with Gasteiger partial charge in [-0.25, -0.2) is 4.98 Å². The smallest absolute Gasteiger partial charge is 0.129 e. The first-order chi connectivity index (χ1) is 10.8. The van der Waals surface area contributed by atoms with Gasteiger partial charge in [-0.05, 0) is 30.7 Å². The first-order valence-corrected chi connectivity index (χ1v) is 7.42. The summed E-state index contributed by atoms with van der Waals surface area (Å²) >= 11 is 0. The summed E-state index contributed by atoms with van der Waals surface area (Å²) in [6.07, 6.45) is 3.55. The fraction of sp³-hybridized carbons (Fsp3) is 0.312. The van der Waals surface area contributed by atoms with Crippen LogP contribution in [0.15, 0.2) is 30.6 Å². The molecule has 0 bridgehead atoms. The molecule has 3 aromatic heterocycles. The van der Waals surface area contributed by atoms with Gasteiger partial charge >= 0.3 is 0 Å². The van der Waals surface area contributed by atoms with Crippen molar-refractivity contribution in [1.82, 2.24) is 20.2 Å². The molecule has 0 amide bonds. The highest BCUT2D eigenvalue weighted by Crippen LogP contribution is 2.28. The average Bonchev–Trinajstić information content (AvgIpc) is 3.09. The van der Waals surface area contributed by atoms with Crippen LogP contribution in [0.3, 0.4) is 0 Å². The molecule has 0 unspecified atom stereocenters. The van der Waals surface area contributed by atoms with Gasteiger partial charge in [-0.3, -0.25) is 10.1 Å². The minimum atomic E-state index is 0. The summed E-state index contributed by atoms with van der Waals surface area (Å²) in [4.78, 5) is 11.6. The third-order valence-electron chi connectivity index (χ3n) is 4.01. The van der Waals surface area contributed by atoms with Crippen molar-refractivity contribution in [2.24, 2.45) is 0 Å². The molecule has 1 fully saturated rings. The number of nitrogens with zero attached hydrogens (tertiary/aromatic N) is 4. The Bertz CT molecular complexity index is 800. The lowest BCUT2D eigenvalue weighted by molar-refractivity contribution is 0.122. The van der Waals surface area contributed by atoms with E-state index in [0.29, 0.717) is 0 Å². The molecule has 23 heavy (non-hydrogen) atoms. The average molecular weight is 332 g/mol. The molecule has 0 atom stereocenters. The fourth-order valence-electron chi connectivity index (χ4n) is 2.84. The predicted molar refractivity (Wildman–Crippen MR) is 92.1 cm³/mol. The van der Waals surface area contributed by atoms with Crippen LogP contribution in [0.25, 0.3) is 22.3 Å². The molecular formula is C16H18ClN5O. The Kier molecular flexibility index (Phi) is 4.45. The van der Waals surface area contributed by atoms with Crippen molar-refractivity contribution < 1.29 is 4.74 Å². The van der Waals surface area contributed by atoms with Crippen LogP contribution in [0.5, 0.6) is 0 Å². The van der Waals surface area contributed by atoms with Gasteiger partial charge in [0.05, 0.1) is 18.9 Å². The van der Waals surface area contributed by atoms with E-state index in [1.165, 1.54) is 5.56 Å². The zero-order chi connectivity index (χ0) is 14.9. The molecule has 6 nitrogen and oxygen atoms in total. The van der Waals surface area contributed by atoms with Crippen molar-refractivity contribution in [2.75, 3.05) is 31.2 Å². The largest absolute Gasteiger partial charge is 0.378 e. The number of hydrogen-bond donors (Lipinski definition) is 1. The van der Waals surface area contributed by atoms with E-state index in [2.05, 4.69) is 33.1 Å². The summed E-state index contributed by atoms with van der Waals surface area (Å²) in [5, 5.41) is 8.12. The molecule has 0 radical (unpaired) electrons. The minimum Gasteiger partial charge on any atom is -0.378 e. The van der Waals surface area contributed by atoms with Gasteiger partial charge < -0.3 is 9.64 Å². The van der Waals surface area contributed by atoms with Crippen LogP contribution in [0, 0.1) is 6.92 Å². The van der Waals surface area contributed by atoms with Crippen molar-refractivity contribution in [3.05, 3.63) is 36.2 Å². The third-order valence-corrected chi connectivity index (χ3v) is 4.01. The number of aromatic nitrogens is 4. The first kappa shape index (κ1) is 15.7. The lowest BCUT2D eigenvalue weighted by Crippen LogP contribution is -2.36. The van der Waals surface area contributed by atoms with Crippen LogP contribution < -0.4 is 4.90 Å². The zero-order valence-corrected chi connectivity index (χ0v) is 13.6. The summed E-state index contributed by atoms with van der Waals surface area (Å²) in [7, 11) is 0. The van der Waals surface area contributed by atoms with Gasteiger partial charge in [0, 0.05) is 30.9 Å². The number of halogens is 1. The molecule has 1 aliphatic heterocycles. The molecule has 4 rings (SSSR count). The van der Waals surface area contributed by atoms with Gasteiger partial charge in [-0.1, -0.05) is 0 Å². The van der Waals surface area contributed by atoms with E-state index in [1.54, 1.807) is 6.20 Å². The number of aryl methyl sites for hydroxylation is 1. The summed E-state index contributed by atoms with van der Waals surface area (Å²) in [6, 6.07) is 6.07. The first-order valence-electron chi connectivity index (χ1n) is 7.42. The quantitative estimate of drug-likeness (QED) is 0.781. The highest BCUT2D eigenvalue weighted by atomic mass is 35.5. The van der Waals surface area contributed by atoms with Crippen molar-refractivity contribution in [3.8, 4) is 11.4 Å². The summed E-state index contributed by atoms with van der Waals surface area (Å²) in [5.41, 5.74) is 3.84. The maximum absolute atomic E-state index is 5.43. The normalized spacial score (nSPS) is 14.7. The molecule has 1 N–H and O–H groups in total. The molecule has 120 valence electrons. The highest BCUT2D eigenvalue weighted by Gasteiger charge is 2.16. The molecule has 0 saturated carbocycles. The Morgan fingerprint density at radius 3 is 2.74 bits per heavy atom. The second-order valence-electron chi connectivity index (χ2n) is 5.42. The number of rotatable bonds is 2. The highest BCUT2D eigenvalue weighted by molar-refractivity contribution is 5.93. The maximum atomic E-state index is 5.43. The number of nitrogens with one attached hydrogen (secondary N) is 1. The Balaban J connectivity index is 0.00000156. The summed E-state index contributed by atoms with van der Waals surface area (Å²) < 4.78 is 5.43. The lowest BCUT2D eigenvalue weighted by atomic mass is 10.1. The number of H-pyrrole nitrogens is 1. The van der Waals surface area contributed by atoms with Crippen molar-refractivity contribution in [3.63, 3.8) is 0 Å². The molecule has 7 heteroatoms. The third kappa shape index (κ3) is 2.87. The van der Waals surface area contributed by atoms with Gasteiger partial charge in [-0.15, -0.1) is 12.4 Å². The van der Waals surface area contributed by atoms with E-state index >= 15 is 0 Å². The van der Waals surface area contributed by atoms with E-state index in [9.17, 15) is 0 Å². The monoisotopic (exact) mass is 331 g/mol. The van der Waals surface area contributed by atoms with Crippen LogP contribution in [0.1, 0.15) is 5.56 Å². The van der Waals surface area contributed by atoms with Crippen LogP contribution in [0.4, 0.5) is 5.82 Å². The molecule has 0 aromatic carbocycles. The number of anilines is 1. The Labute approximate surface area is 140 Å². The van der Waals surface area contributed by atoms with E-state index in [-0.39, 0.29) is 12.4 Å². The lowest BCUT2D eigenvalue weighted by Gasteiger charge is -2.28. The van der Waals surface area contributed by atoms with Gasteiger partial charge in [0.1, 0.15) is 17.0 Å². The Morgan fingerprint density at radius 1 is 1.17 bits per heavy atom. The van der Waals surface area contributed by atoms with Gasteiger partial charge in [0.25, 0.3) is 0 Å². The molecule has 0 aliphatic carbocycles. The molecule has 1 aliphatic rings. The van der Waals surface area contributed by atoms with Crippen molar-refractivity contribution in [1.29, 1.82) is 0 Å². The number of hydrogen-bond acceptors (Lipinski definition) is 5. The van der Waals surface area contributed by atoms with Gasteiger partial charge in [-0.2, -0.15) is 5.10 Å². The summed E-state index contributed by atoms with van der Waals surface area (Å²) in [6.45, 7) is 5.36. The zero-order valence-electron chi connectivity index (χ0n) is 12.8. The number of aromatic amines is 1. The van der Waals surface area contributed by atoms with Crippen LogP contribution in [-0.4, -0.2) is 46.5 Å². The standard InChI is InChI=1S/C16H17N5O.ClH/c1-11-10-14(21-6-8-22-9-7-21)19-15-12(11)2-4-17-16(15)13-3-5-18-20-13;/h2-5,10H,6-9H2,1H3,(H,18,20);1H. The molecule has 4 heterocycles. The van der Waals surface area contributed by atoms with Gasteiger partial charge in [0.2, 0.25) is 0 Å². The number of ether oxygens (including phenoxy) is 1. The Morgan fingerprint density at radius 2 is 2.00 bits per heavy atom. The second kappa shape index (κ2) is 6.52. The van der Waals surface area contributed by atoms with Crippen LogP contribution in [-0.2, 0) is 4.74 Å². The van der Waals surface area contributed by atoms with Gasteiger partial charge in [0.15, 0.2) is 0 Å². The van der Waals surface area contributed by atoms with Crippen LogP contribution >= 0.6 is 12.4 Å². The van der Waals surface area contributed by atoms with E-state index < -0.39 is 0 Å². The minimum absolute atomic E-state index is 0. The SMILES string of the molecule is Cc1cc(N2CCOCC2)nc2c(-c3ccn[nH]3)nccc12.Cl. The molecule has 1 saturated heterocycles. The fourth-order valence-corrected chi connectivity index (χ4v) is 2.84. The van der Waals surface area contributed by atoms with E-state index in [1.807, 2.05) is 18.3 Å².